The van der Waals surface area contributed by atoms with Gasteiger partial charge >= 0.3 is 0 Å². The van der Waals surface area contributed by atoms with Gasteiger partial charge < -0.3 is 16.3 Å². The average molecular weight is 253 g/mol. The summed E-state index contributed by atoms with van der Waals surface area (Å²) in [6.45, 7) is 5.24. The highest BCUT2D eigenvalue weighted by atomic mass is 19.1. The van der Waals surface area contributed by atoms with Crippen LogP contribution in [0.1, 0.15) is 26.3 Å². The second kappa shape index (κ2) is 5.03. The van der Waals surface area contributed by atoms with Crippen LogP contribution in [-0.2, 0) is 4.79 Å². The zero-order chi connectivity index (χ0) is 13.9. The minimum atomic E-state index is -0.600. The molecule has 0 aliphatic carbocycles. The molecule has 18 heavy (non-hydrogen) atoms. The second-order valence-corrected chi connectivity index (χ2v) is 4.88. The van der Waals surface area contributed by atoms with E-state index in [0.717, 1.165) is 6.07 Å². The van der Waals surface area contributed by atoms with Crippen LogP contribution in [0.2, 0.25) is 0 Å². The number of rotatable bonds is 2. The first-order valence-electron chi connectivity index (χ1n) is 5.34. The lowest BCUT2D eigenvalue weighted by Gasteiger charge is -2.19. The van der Waals surface area contributed by atoms with E-state index in [4.69, 9.17) is 10.9 Å². The number of hydrogen-bond donors (Lipinski definition) is 3. The quantitative estimate of drug-likeness (QED) is 0.325. The molecule has 0 saturated carbocycles. The van der Waals surface area contributed by atoms with E-state index < -0.39 is 11.2 Å². The Morgan fingerprint density at radius 1 is 1.44 bits per heavy atom. The van der Waals surface area contributed by atoms with Crippen LogP contribution < -0.4 is 11.1 Å². The minimum Gasteiger partial charge on any atom is -0.409 e. The molecule has 0 saturated heterocycles. The van der Waals surface area contributed by atoms with Gasteiger partial charge in [-0.15, -0.1) is 0 Å². The van der Waals surface area contributed by atoms with Gasteiger partial charge in [0.05, 0.1) is 5.69 Å². The van der Waals surface area contributed by atoms with Crippen LogP contribution in [-0.4, -0.2) is 17.0 Å². The summed E-state index contributed by atoms with van der Waals surface area (Å²) >= 11 is 0. The maximum Gasteiger partial charge on any atom is 0.229 e. The molecule has 1 amide bonds. The molecule has 4 N–H and O–H groups in total. The summed E-state index contributed by atoms with van der Waals surface area (Å²) in [7, 11) is 0. The number of nitrogens with one attached hydrogen (secondary N) is 1. The molecule has 0 aliphatic heterocycles. The zero-order valence-electron chi connectivity index (χ0n) is 10.5. The van der Waals surface area contributed by atoms with E-state index in [0.29, 0.717) is 5.69 Å². The molecule has 0 heterocycles. The predicted molar refractivity (Wildman–Crippen MR) is 67.0 cm³/mol. The van der Waals surface area contributed by atoms with Gasteiger partial charge in [0.15, 0.2) is 5.84 Å². The summed E-state index contributed by atoms with van der Waals surface area (Å²) in [5.74, 6) is -1.05. The minimum absolute atomic E-state index is 0.134. The van der Waals surface area contributed by atoms with Gasteiger partial charge in [-0.2, -0.15) is 0 Å². The number of hydrogen-bond acceptors (Lipinski definition) is 3. The first-order chi connectivity index (χ1) is 8.25. The van der Waals surface area contributed by atoms with E-state index >= 15 is 0 Å². The van der Waals surface area contributed by atoms with Gasteiger partial charge in [0.25, 0.3) is 0 Å². The topological polar surface area (TPSA) is 87.7 Å². The van der Waals surface area contributed by atoms with E-state index in [1.54, 1.807) is 20.8 Å². The van der Waals surface area contributed by atoms with E-state index in [9.17, 15) is 9.18 Å². The molecule has 0 aromatic heterocycles. The number of halogens is 1. The molecule has 0 aliphatic rings. The normalized spacial score (nSPS) is 12.3. The van der Waals surface area contributed by atoms with Crippen molar-refractivity contribution in [1.82, 2.24) is 0 Å². The van der Waals surface area contributed by atoms with Crippen molar-refractivity contribution in [1.29, 1.82) is 0 Å². The molecule has 0 unspecified atom stereocenters. The Morgan fingerprint density at radius 2 is 2.06 bits per heavy atom. The Balaban J connectivity index is 3.14. The van der Waals surface area contributed by atoms with Crippen molar-refractivity contribution in [2.75, 3.05) is 5.32 Å². The van der Waals surface area contributed by atoms with E-state index in [1.165, 1.54) is 12.1 Å². The van der Waals surface area contributed by atoms with Crippen molar-refractivity contribution in [3.8, 4) is 0 Å². The summed E-state index contributed by atoms with van der Waals surface area (Å²) < 4.78 is 13.1. The van der Waals surface area contributed by atoms with Crippen LogP contribution in [0.3, 0.4) is 0 Å². The average Bonchev–Trinajstić information content (AvgIpc) is 2.29. The fourth-order valence-corrected chi connectivity index (χ4v) is 1.20. The molecule has 0 radical (unpaired) electrons. The molecule has 0 bridgehead atoms. The van der Waals surface area contributed by atoms with Gasteiger partial charge in [-0.3, -0.25) is 4.79 Å². The summed E-state index contributed by atoms with van der Waals surface area (Å²) in [6.07, 6.45) is 0. The largest absolute Gasteiger partial charge is 0.409 e. The van der Waals surface area contributed by atoms with Gasteiger partial charge in [-0.1, -0.05) is 25.9 Å². The van der Waals surface area contributed by atoms with E-state index in [2.05, 4.69) is 10.5 Å². The number of nitrogens with zero attached hydrogens (tertiary/aromatic N) is 1. The van der Waals surface area contributed by atoms with Crippen LogP contribution in [0.5, 0.6) is 0 Å². The Hall–Kier alpha value is -2.11. The molecule has 0 spiro atoms. The Morgan fingerprint density at radius 3 is 2.56 bits per heavy atom. The molecule has 5 nitrogen and oxygen atoms in total. The number of amidine groups is 1. The van der Waals surface area contributed by atoms with Crippen LogP contribution in [0.4, 0.5) is 10.1 Å². The van der Waals surface area contributed by atoms with Crippen molar-refractivity contribution < 1.29 is 14.4 Å². The molecule has 1 aromatic rings. The van der Waals surface area contributed by atoms with E-state index in [1.807, 2.05) is 0 Å². The Bertz CT molecular complexity index is 493. The van der Waals surface area contributed by atoms with Crippen molar-refractivity contribution in [3.63, 3.8) is 0 Å². The number of nitrogens with two attached hydrogens (primary N) is 1. The SMILES string of the molecule is CC(C)(C)C(=O)Nc1ccc(F)cc1/C(N)=N/O. The predicted octanol–water partition coefficient (Wildman–Crippen LogP) is 1.90. The van der Waals surface area contributed by atoms with Gasteiger partial charge in [0, 0.05) is 11.0 Å². The van der Waals surface area contributed by atoms with Crippen molar-refractivity contribution >= 4 is 17.4 Å². The van der Waals surface area contributed by atoms with Gasteiger partial charge in [-0.25, -0.2) is 4.39 Å². The van der Waals surface area contributed by atoms with Gasteiger partial charge in [0.2, 0.25) is 5.91 Å². The third-order valence-corrected chi connectivity index (χ3v) is 2.29. The molecule has 98 valence electrons. The monoisotopic (exact) mass is 253 g/mol. The maximum absolute atomic E-state index is 13.1. The lowest BCUT2D eigenvalue weighted by atomic mass is 9.95. The second-order valence-electron chi connectivity index (χ2n) is 4.88. The van der Waals surface area contributed by atoms with Crippen LogP contribution in [0.25, 0.3) is 0 Å². The number of carbonyl (C=O) groups is 1. The molecular formula is C12H16FN3O2. The highest BCUT2D eigenvalue weighted by molar-refractivity contribution is 6.06. The number of carbonyl (C=O) groups excluding carboxylic acids is 1. The van der Waals surface area contributed by atoms with Crippen LogP contribution >= 0.6 is 0 Å². The third-order valence-electron chi connectivity index (χ3n) is 2.29. The van der Waals surface area contributed by atoms with Crippen LogP contribution in [0, 0.1) is 11.2 Å². The van der Waals surface area contributed by atoms with E-state index in [-0.39, 0.29) is 17.3 Å². The van der Waals surface area contributed by atoms with Gasteiger partial charge in [0.1, 0.15) is 5.82 Å². The first kappa shape index (κ1) is 14.0. The zero-order valence-corrected chi connectivity index (χ0v) is 10.5. The first-order valence-corrected chi connectivity index (χ1v) is 5.34. The lowest BCUT2D eigenvalue weighted by molar-refractivity contribution is -0.123. The fourth-order valence-electron chi connectivity index (χ4n) is 1.20. The number of benzene rings is 1. The standard InChI is InChI=1S/C12H16FN3O2/c1-12(2,3)11(17)15-9-5-4-7(13)6-8(9)10(14)16-18/h4-6,18H,1-3H3,(H2,14,16)(H,15,17). The summed E-state index contributed by atoms with van der Waals surface area (Å²) in [4.78, 5) is 11.8. The Kier molecular flexibility index (Phi) is 3.90. The highest BCUT2D eigenvalue weighted by Gasteiger charge is 2.22. The fraction of sp³-hybridized carbons (Fsp3) is 0.333. The third kappa shape index (κ3) is 3.19. The lowest BCUT2D eigenvalue weighted by Crippen LogP contribution is -2.29. The van der Waals surface area contributed by atoms with Gasteiger partial charge in [-0.05, 0) is 18.2 Å². The van der Waals surface area contributed by atoms with Crippen molar-refractivity contribution in [2.24, 2.45) is 16.3 Å². The molecule has 1 rings (SSSR count). The molecule has 0 fully saturated rings. The summed E-state index contributed by atoms with van der Waals surface area (Å²) in [5, 5.41) is 14.0. The summed E-state index contributed by atoms with van der Waals surface area (Å²) in [6, 6.07) is 3.64. The van der Waals surface area contributed by atoms with Crippen molar-refractivity contribution in [2.45, 2.75) is 20.8 Å². The number of oxime groups is 1. The smallest absolute Gasteiger partial charge is 0.229 e. The van der Waals surface area contributed by atoms with Crippen molar-refractivity contribution in [3.05, 3.63) is 29.6 Å². The Labute approximate surface area is 104 Å². The highest BCUT2D eigenvalue weighted by Crippen LogP contribution is 2.21. The molecule has 6 heteroatoms. The maximum atomic E-state index is 13.1. The number of amides is 1. The summed E-state index contributed by atoms with van der Waals surface area (Å²) in [5.41, 5.74) is 5.26. The van der Waals surface area contributed by atoms with Crippen LogP contribution in [0.15, 0.2) is 23.4 Å². The number of anilines is 1. The molecule has 1 aromatic carbocycles. The molecule has 0 atom stereocenters. The molecular weight excluding hydrogens is 237 g/mol.